The van der Waals surface area contributed by atoms with E-state index in [2.05, 4.69) is 14.4 Å². The zero-order valence-electron chi connectivity index (χ0n) is 12.5. The number of piperidine rings is 1. The summed E-state index contributed by atoms with van der Waals surface area (Å²) in [5.41, 5.74) is 0. The molecule has 13 heteroatoms. The van der Waals surface area contributed by atoms with Crippen LogP contribution in [-0.4, -0.2) is 64.3 Å². The highest BCUT2D eigenvalue weighted by Gasteiger charge is 2.49. The molecule has 2 fully saturated rings. The Morgan fingerprint density at radius 3 is 2.88 bits per heavy atom. The van der Waals surface area contributed by atoms with Crippen LogP contribution < -0.4 is 0 Å². The molecule has 3 rings (SSSR count). The summed E-state index contributed by atoms with van der Waals surface area (Å²) in [6, 6.07) is -1.87. The van der Waals surface area contributed by atoms with Crippen molar-refractivity contribution in [1.29, 1.82) is 0 Å². The Bertz CT molecular complexity index is 762. The van der Waals surface area contributed by atoms with Gasteiger partial charge in [0.15, 0.2) is 5.82 Å². The highest BCUT2D eigenvalue weighted by atomic mass is 32.3. The Labute approximate surface area is 136 Å². The molecule has 2 aliphatic heterocycles. The number of rotatable bonds is 5. The molecule has 0 unspecified atom stereocenters. The minimum atomic E-state index is -4.81. The van der Waals surface area contributed by atoms with Gasteiger partial charge in [-0.05, 0) is 19.8 Å². The second kappa shape index (κ2) is 5.99. The number of amides is 2. The van der Waals surface area contributed by atoms with Gasteiger partial charge >= 0.3 is 28.3 Å². The van der Waals surface area contributed by atoms with E-state index in [0.717, 1.165) is 0 Å². The maximum absolute atomic E-state index is 12.3. The Kier molecular flexibility index (Phi) is 4.15. The van der Waals surface area contributed by atoms with Crippen LogP contribution in [0.4, 0.5) is 4.79 Å². The number of carbonyl (C=O) groups excluding carboxylic acids is 2. The molecule has 132 valence electrons. The molecule has 0 spiro atoms. The molecular weight excluding hydrogens is 348 g/mol. The van der Waals surface area contributed by atoms with E-state index in [4.69, 9.17) is 13.8 Å². The zero-order valence-corrected chi connectivity index (χ0v) is 13.3. The molecule has 1 aromatic heterocycles. The van der Waals surface area contributed by atoms with Crippen molar-refractivity contribution >= 4 is 22.4 Å². The van der Waals surface area contributed by atoms with Gasteiger partial charge in [-0.3, -0.25) is 4.55 Å². The summed E-state index contributed by atoms with van der Waals surface area (Å²) in [6.45, 7) is 1.94. The van der Waals surface area contributed by atoms with Gasteiger partial charge in [0, 0.05) is 6.54 Å². The standard InChI is InChI=1S/C11H14N4O8S/c1-2-21-10(16)9-12-8(13-22-9)7-4-3-6-5-14(7)11(17)15(6)23-24(18,19)20/h6-7H,2-5H2,1H3,(H,18,19,20)/t6-,7+/m1/s1. The number of hydrogen-bond donors (Lipinski definition) is 1. The number of esters is 1. The Morgan fingerprint density at radius 2 is 2.21 bits per heavy atom. The summed E-state index contributed by atoms with van der Waals surface area (Å²) in [5, 5.41) is 4.30. The first-order chi connectivity index (χ1) is 11.3. The van der Waals surface area contributed by atoms with Gasteiger partial charge in [0.2, 0.25) is 0 Å². The summed E-state index contributed by atoms with van der Waals surface area (Å²) in [4.78, 5) is 29.0. The molecule has 1 aromatic rings. The third-order valence-corrected chi connectivity index (χ3v) is 4.04. The van der Waals surface area contributed by atoms with E-state index in [1.807, 2.05) is 0 Å². The second-order valence-corrected chi connectivity index (χ2v) is 6.19. The molecule has 1 N–H and O–H groups in total. The lowest BCUT2D eigenvalue weighted by Gasteiger charge is -2.27. The monoisotopic (exact) mass is 362 g/mol. The van der Waals surface area contributed by atoms with Crippen molar-refractivity contribution in [2.75, 3.05) is 13.2 Å². The predicted octanol–water partition coefficient (Wildman–Crippen LogP) is -0.0782. The molecule has 2 aliphatic rings. The number of aromatic nitrogens is 2. The molecule has 2 saturated heterocycles. The van der Waals surface area contributed by atoms with Crippen LogP contribution in [0.15, 0.2) is 4.52 Å². The number of carbonyl (C=O) groups is 2. The Hall–Kier alpha value is -2.25. The van der Waals surface area contributed by atoms with Gasteiger partial charge in [-0.2, -0.15) is 18.5 Å². The van der Waals surface area contributed by atoms with E-state index in [1.54, 1.807) is 6.92 Å². The van der Waals surface area contributed by atoms with E-state index >= 15 is 0 Å². The van der Waals surface area contributed by atoms with Crippen molar-refractivity contribution < 1.29 is 36.1 Å². The lowest BCUT2D eigenvalue weighted by molar-refractivity contribution is -0.0317. The van der Waals surface area contributed by atoms with Gasteiger partial charge in [0.1, 0.15) is 0 Å². The van der Waals surface area contributed by atoms with Gasteiger partial charge in [0.25, 0.3) is 0 Å². The maximum Gasteiger partial charge on any atom is 0.418 e. The van der Waals surface area contributed by atoms with Crippen LogP contribution >= 0.6 is 0 Å². The fourth-order valence-electron chi connectivity index (χ4n) is 2.75. The number of hydroxylamine groups is 2. The van der Waals surface area contributed by atoms with Crippen LogP contribution in [0, 0.1) is 0 Å². The Balaban J connectivity index is 1.78. The normalized spacial score (nSPS) is 23.7. The zero-order chi connectivity index (χ0) is 17.5. The second-order valence-electron chi connectivity index (χ2n) is 5.19. The van der Waals surface area contributed by atoms with E-state index in [-0.39, 0.29) is 24.9 Å². The van der Waals surface area contributed by atoms with E-state index in [1.165, 1.54) is 4.90 Å². The van der Waals surface area contributed by atoms with Gasteiger partial charge in [-0.15, -0.1) is 4.28 Å². The van der Waals surface area contributed by atoms with Crippen molar-refractivity contribution in [2.45, 2.75) is 31.8 Å². The Morgan fingerprint density at radius 1 is 1.46 bits per heavy atom. The third kappa shape index (κ3) is 3.05. The first-order valence-corrected chi connectivity index (χ1v) is 8.44. The highest BCUT2D eigenvalue weighted by Crippen LogP contribution is 2.37. The number of nitrogens with zero attached hydrogens (tertiary/aromatic N) is 4. The molecule has 2 bridgehead atoms. The summed E-state index contributed by atoms with van der Waals surface area (Å²) >= 11 is 0. The van der Waals surface area contributed by atoms with Crippen molar-refractivity contribution in [3.8, 4) is 0 Å². The van der Waals surface area contributed by atoms with Gasteiger partial charge in [0.05, 0.1) is 18.7 Å². The van der Waals surface area contributed by atoms with Crippen molar-refractivity contribution in [3.05, 3.63) is 11.7 Å². The smallest absolute Gasteiger partial charge is 0.418 e. The number of ether oxygens (including phenoxy) is 1. The number of fused-ring (bicyclic) bond motifs is 2. The number of hydrogen-bond acceptors (Lipinski definition) is 9. The fourth-order valence-corrected chi connectivity index (χ4v) is 3.13. The van der Waals surface area contributed by atoms with Gasteiger partial charge in [-0.1, -0.05) is 5.16 Å². The van der Waals surface area contributed by atoms with Crippen molar-refractivity contribution in [3.63, 3.8) is 0 Å². The average Bonchev–Trinajstić information content (AvgIpc) is 3.08. The first kappa shape index (κ1) is 16.6. The fraction of sp³-hybridized carbons (Fsp3) is 0.636. The lowest BCUT2D eigenvalue weighted by atomic mass is 10.0. The lowest BCUT2D eigenvalue weighted by Crippen LogP contribution is -2.35. The average molecular weight is 362 g/mol. The van der Waals surface area contributed by atoms with Gasteiger partial charge < -0.3 is 14.2 Å². The molecule has 2 atom stereocenters. The SMILES string of the molecule is CCOC(=O)c1nc([C@@H]2CC[C@@H]3CN2C(=O)N3OS(=O)(=O)O)no1. The molecule has 2 amide bonds. The van der Waals surface area contributed by atoms with E-state index in [0.29, 0.717) is 17.9 Å². The molecular formula is C11H14N4O8S. The van der Waals surface area contributed by atoms with Crippen LogP contribution in [-0.2, 0) is 19.4 Å². The summed E-state index contributed by atoms with van der Waals surface area (Å²) in [5.74, 6) is -0.987. The van der Waals surface area contributed by atoms with Crippen molar-refractivity contribution in [1.82, 2.24) is 20.1 Å². The minimum Gasteiger partial charge on any atom is -0.459 e. The highest BCUT2D eigenvalue weighted by molar-refractivity contribution is 7.80. The quantitative estimate of drug-likeness (QED) is 0.556. The van der Waals surface area contributed by atoms with Crippen LogP contribution in [0.1, 0.15) is 42.3 Å². The molecule has 0 radical (unpaired) electrons. The minimum absolute atomic E-state index is 0.110. The molecule has 0 aliphatic carbocycles. The van der Waals surface area contributed by atoms with E-state index < -0.39 is 34.5 Å². The third-order valence-electron chi connectivity index (χ3n) is 3.69. The van der Waals surface area contributed by atoms with Crippen LogP contribution in [0.25, 0.3) is 0 Å². The molecule has 24 heavy (non-hydrogen) atoms. The topological polar surface area (TPSA) is 152 Å². The molecule has 12 nitrogen and oxygen atoms in total. The maximum atomic E-state index is 12.3. The molecule has 0 saturated carbocycles. The van der Waals surface area contributed by atoms with Crippen LogP contribution in [0.5, 0.6) is 0 Å². The van der Waals surface area contributed by atoms with Crippen molar-refractivity contribution in [2.24, 2.45) is 0 Å². The van der Waals surface area contributed by atoms with Crippen LogP contribution in [0.3, 0.4) is 0 Å². The largest absolute Gasteiger partial charge is 0.459 e. The first-order valence-electron chi connectivity index (χ1n) is 7.07. The van der Waals surface area contributed by atoms with Crippen LogP contribution in [0.2, 0.25) is 0 Å². The summed E-state index contributed by atoms with van der Waals surface area (Å²) in [7, 11) is -4.81. The van der Waals surface area contributed by atoms with Gasteiger partial charge in [-0.25, -0.2) is 9.59 Å². The molecule has 3 heterocycles. The predicted molar refractivity (Wildman–Crippen MR) is 72.6 cm³/mol. The summed E-state index contributed by atoms with van der Waals surface area (Å²) < 4.78 is 44.3. The molecule has 0 aromatic carbocycles. The summed E-state index contributed by atoms with van der Waals surface area (Å²) in [6.07, 6.45) is 0.801. The number of urea groups is 1. The van der Waals surface area contributed by atoms with E-state index in [9.17, 15) is 18.0 Å².